The lowest BCUT2D eigenvalue weighted by molar-refractivity contribution is -0.00151. The highest BCUT2D eigenvalue weighted by Crippen LogP contribution is 2.28. The van der Waals surface area contributed by atoms with Gasteiger partial charge in [-0.1, -0.05) is 37.6 Å². The Balaban J connectivity index is 1.91. The molecule has 1 aromatic rings. The highest BCUT2D eigenvalue weighted by atomic mass is 16.5. The highest BCUT2D eigenvalue weighted by molar-refractivity contribution is 6.05. The lowest BCUT2D eigenvalue weighted by Crippen LogP contribution is -2.37. The number of allylic oxidation sites excluding steroid dienone is 5. The molecule has 0 radical (unpaired) electrons. The first-order chi connectivity index (χ1) is 18.5. The molecule has 210 valence electrons. The zero-order valence-electron chi connectivity index (χ0n) is 25.3. The van der Waals surface area contributed by atoms with Crippen LogP contribution in [0.4, 0.5) is 0 Å². The van der Waals surface area contributed by atoms with Crippen molar-refractivity contribution in [2.75, 3.05) is 20.3 Å². The van der Waals surface area contributed by atoms with Crippen LogP contribution in [0.3, 0.4) is 0 Å². The van der Waals surface area contributed by atoms with E-state index >= 15 is 0 Å². The molecule has 1 aromatic heterocycles. The van der Waals surface area contributed by atoms with Crippen LogP contribution in [0, 0.1) is 23.2 Å². The second-order valence-corrected chi connectivity index (χ2v) is 11.4. The fourth-order valence-corrected chi connectivity index (χ4v) is 5.09. The molecule has 2 atom stereocenters. The summed E-state index contributed by atoms with van der Waals surface area (Å²) in [5, 5.41) is 16.0. The minimum absolute atomic E-state index is 0.0196. The van der Waals surface area contributed by atoms with E-state index in [1.807, 2.05) is 26.1 Å². The molecule has 2 aliphatic heterocycles. The standard InChI is InChI=1S/C33H46N4O2/c1-10-30-25(12-15-37(30)33(6,7)8)19-23(4)29-20-28(32(35-9)36-29)24(5)22(3)18-26(21-34)31(11-2)39-27-13-16-38-17-14-27/h10-12,15,18-20,22-23,27H,13-14,16-17H2,1-9H3,(H,35,36)/b25-19-,26-18-,28-24+,30-10+,31-11+. The van der Waals surface area contributed by atoms with Crippen LogP contribution < -0.4 is 15.9 Å². The van der Waals surface area contributed by atoms with Crippen LogP contribution >= 0.6 is 0 Å². The van der Waals surface area contributed by atoms with E-state index in [4.69, 9.17) is 9.47 Å². The second-order valence-electron chi connectivity index (χ2n) is 11.4. The minimum atomic E-state index is 0.0196. The molecular formula is C33H46N4O2. The van der Waals surface area contributed by atoms with E-state index in [2.05, 4.69) is 99.9 Å². The molecule has 1 saturated heterocycles. The number of aromatic nitrogens is 1. The van der Waals surface area contributed by atoms with Gasteiger partial charge in [0.25, 0.3) is 0 Å². The number of hydrogen-bond donors (Lipinski definition) is 1. The number of nitriles is 1. The molecule has 3 heterocycles. The number of aliphatic imine (C=N–C) groups is 1. The molecule has 0 amide bonds. The molecule has 2 aliphatic rings. The molecule has 1 fully saturated rings. The first kappa shape index (κ1) is 30.2. The van der Waals surface area contributed by atoms with Crippen molar-refractivity contribution in [3.8, 4) is 6.07 Å². The number of amidine groups is 1. The number of ether oxygens (including phenoxy) is 2. The fraction of sp³-hybridized carbons (Fsp3) is 0.515. The van der Waals surface area contributed by atoms with E-state index in [-0.39, 0.29) is 23.5 Å². The first-order valence-electron chi connectivity index (χ1n) is 14.1. The Hall–Kier alpha value is -3.30. The summed E-state index contributed by atoms with van der Waals surface area (Å²) < 4.78 is 14.0. The third-order valence-corrected chi connectivity index (χ3v) is 7.55. The van der Waals surface area contributed by atoms with Crippen molar-refractivity contribution in [2.24, 2.45) is 16.8 Å². The predicted octanol–water partition coefficient (Wildman–Crippen LogP) is 5.48. The highest BCUT2D eigenvalue weighted by Gasteiger charge is 2.24. The van der Waals surface area contributed by atoms with Gasteiger partial charge in [-0.3, -0.25) is 4.99 Å². The SMILES string of the molecule is C/C=C(OC1CCOCC1)\C(C#N)=C/C(C)/C(C)=C1\C=C(C(C)/C=c2/ccn(C(C)(C)C)/c2=C/C)NC1=NC. The van der Waals surface area contributed by atoms with Gasteiger partial charge in [-0.2, -0.15) is 5.26 Å². The van der Waals surface area contributed by atoms with E-state index in [1.54, 1.807) is 0 Å². The molecule has 6 heteroatoms. The number of hydrogen-bond acceptors (Lipinski definition) is 4. The number of nitrogens with one attached hydrogen (secondary N) is 1. The van der Waals surface area contributed by atoms with Crippen molar-refractivity contribution in [2.45, 2.75) is 79.9 Å². The van der Waals surface area contributed by atoms with Gasteiger partial charge in [0.1, 0.15) is 23.8 Å². The zero-order valence-corrected chi connectivity index (χ0v) is 25.3. The van der Waals surface area contributed by atoms with Gasteiger partial charge in [-0.05, 0) is 70.9 Å². The van der Waals surface area contributed by atoms with E-state index in [9.17, 15) is 5.26 Å². The van der Waals surface area contributed by atoms with Gasteiger partial charge in [-0.15, -0.1) is 0 Å². The summed E-state index contributed by atoms with van der Waals surface area (Å²) >= 11 is 0. The quantitative estimate of drug-likeness (QED) is 0.288. The van der Waals surface area contributed by atoms with Gasteiger partial charge in [0.2, 0.25) is 0 Å². The first-order valence-corrected chi connectivity index (χ1v) is 14.1. The van der Waals surface area contributed by atoms with Gasteiger partial charge in [0.15, 0.2) is 0 Å². The van der Waals surface area contributed by atoms with Crippen molar-refractivity contribution in [1.29, 1.82) is 5.26 Å². The smallest absolute Gasteiger partial charge is 0.132 e. The van der Waals surface area contributed by atoms with Crippen LogP contribution in [0.1, 0.15) is 68.2 Å². The molecule has 2 unspecified atom stereocenters. The molecular weight excluding hydrogens is 484 g/mol. The Morgan fingerprint density at radius 3 is 2.51 bits per heavy atom. The summed E-state index contributed by atoms with van der Waals surface area (Å²) in [5.74, 6) is 1.71. The van der Waals surface area contributed by atoms with Gasteiger partial charge < -0.3 is 19.4 Å². The van der Waals surface area contributed by atoms with Crippen molar-refractivity contribution in [3.63, 3.8) is 0 Å². The summed E-state index contributed by atoms with van der Waals surface area (Å²) in [7, 11) is 1.81. The Morgan fingerprint density at radius 2 is 1.95 bits per heavy atom. The van der Waals surface area contributed by atoms with Crippen LogP contribution in [0.2, 0.25) is 0 Å². The van der Waals surface area contributed by atoms with Crippen molar-refractivity contribution in [3.05, 3.63) is 69.2 Å². The average molecular weight is 531 g/mol. The number of rotatable bonds is 7. The Labute approximate surface area is 234 Å². The molecule has 1 N–H and O–H groups in total. The fourth-order valence-electron chi connectivity index (χ4n) is 5.09. The molecule has 6 nitrogen and oxygen atoms in total. The zero-order chi connectivity index (χ0) is 28.7. The molecule has 3 rings (SSSR count). The van der Waals surface area contributed by atoms with E-state index in [0.717, 1.165) is 35.5 Å². The average Bonchev–Trinajstić information content (AvgIpc) is 3.54. The third-order valence-electron chi connectivity index (χ3n) is 7.55. The summed E-state index contributed by atoms with van der Waals surface area (Å²) in [4.78, 5) is 4.55. The molecule has 0 saturated carbocycles. The summed E-state index contributed by atoms with van der Waals surface area (Å²) in [6.07, 6.45) is 14.5. The summed E-state index contributed by atoms with van der Waals surface area (Å²) in [6.45, 7) is 18.5. The van der Waals surface area contributed by atoms with Crippen LogP contribution in [-0.2, 0) is 15.0 Å². The molecule has 0 bridgehead atoms. The van der Waals surface area contributed by atoms with Gasteiger partial charge in [0.05, 0.1) is 18.8 Å². The summed E-state index contributed by atoms with van der Waals surface area (Å²) in [5.41, 5.74) is 3.93. The van der Waals surface area contributed by atoms with Gasteiger partial charge in [0, 0.05) is 54.2 Å². The van der Waals surface area contributed by atoms with Crippen molar-refractivity contribution in [1.82, 2.24) is 9.88 Å². The van der Waals surface area contributed by atoms with E-state index in [0.29, 0.717) is 24.5 Å². The maximum absolute atomic E-state index is 9.96. The lowest BCUT2D eigenvalue weighted by atomic mass is 9.94. The lowest BCUT2D eigenvalue weighted by Gasteiger charge is -2.24. The Morgan fingerprint density at radius 1 is 1.26 bits per heavy atom. The second kappa shape index (κ2) is 13.2. The van der Waals surface area contributed by atoms with Gasteiger partial charge in [-0.25, -0.2) is 0 Å². The Kier molecular flexibility index (Phi) is 10.2. The molecule has 0 spiro atoms. The monoisotopic (exact) mass is 530 g/mol. The molecule has 0 aliphatic carbocycles. The van der Waals surface area contributed by atoms with Crippen molar-refractivity contribution < 1.29 is 9.47 Å². The van der Waals surface area contributed by atoms with Gasteiger partial charge >= 0.3 is 0 Å². The number of nitrogens with zero attached hydrogens (tertiary/aromatic N) is 3. The van der Waals surface area contributed by atoms with Crippen LogP contribution in [0.25, 0.3) is 12.2 Å². The summed E-state index contributed by atoms with van der Waals surface area (Å²) in [6, 6.07) is 4.56. The third kappa shape index (κ3) is 7.22. The predicted molar refractivity (Wildman–Crippen MR) is 161 cm³/mol. The van der Waals surface area contributed by atoms with Crippen molar-refractivity contribution >= 4 is 18.0 Å². The molecule has 39 heavy (non-hydrogen) atoms. The minimum Gasteiger partial charge on any atom is -0.489 e. The Bertz CT molecular complexity index is 1350. The van der Waals surface area contributed by atoms with E-state index in [1.165, 1.54) is 10.6 Å². The van der Waals surface area contributed by atoms with Crippen LogP contribution in [0.5, 0.6) is 0 Å². The van der Waals surface area contributed by atoms with Crippen LogP contribution in [-0.4, -0.2) is 36.8 Å². The normalized spacial score (nSPS) is 22.5. The maximum Gasteiger partial charge on any atom is 0.132 e. The maximum atomic E-state index is 9.96. The topological polar surface area (TPSA) is 71.6 Å². The molecule has 0 aromatic carbocycles. The largest absolute Gasteiger partial charge is 0.489 e. The van der Waals surface area contributed by atoms with E-state index < -0.39 is 0 Å². The van der Waals surface area contributed by atoms with Crippen LogP contribution in [0.15, 0.2) is 63.7 Å².